The maximum atomic E-state index is 13.1. The Balaban J connectivity index is 1.91. The van der Waals surface area contributed by atoms with Crippen LogP contribution in [0.4, 0.5) is 13.2 Å². The molecule has 1 aromatic heterocycles. The van der Waals surface area contributed by atoms with Crippen LogP contribution in [0.1, 0.15) is 22.5 Å². The molecule has 0 spiro atoms. The van der Waals surface area contributed by atoms with Crippen LogP contribution < -0.4 is 0 Å². The molecule has 2 aromatic carbocycles. The van der Waals surface area contributed by atoms with Gasteiger partial charge in [-0.05, 0) is 37.1 Å². The molecule has 25 heavy (non-hydrogen) atoms. The molecule has 0 N–H and O–H groups in total. The lowest BCUT2D eigenvalue weighted by Gasteiger charge is -2.13. The minimum atomic E-state index is -4.36. The van der Waals surface area contributed by atoms with E-state index in [4.69, 9.17) is 0 Å². The molecular formula is C18H16F3N3S. The zero-order valence-corrected chi connectivity index (χ0v) is 14.5. The van der Waals surface area contributed by atoms with Crippen LogP contribution in [-0.4, -0.2) is 14.8 Å². The van der Waals surface area contributed by atoms with Crippen molar-refractivity contribution in [1.82, 2.24) is 14.8 Å². The van der Waals surface area contributed by atoms with E-state index in [1.54, 1.807) is 6.07 Å². The summed E-state index contributed by atoms with van der Waals surface area (Å²) >= 11 is 1.24. The van der Waals surface area contributed by atoms with Gasteiger partial charge in [-0.2, -0.15) is 13.2 Å². The van der Waals surface area contributed by atoms with Gasteiger partial charge in [0.25, 0.3) is 0 Å². The first-order chi connectivity index (χ1) is 11.9. The fraction of sp³-hybridized carbons (Fsp3) is 0.222. The van der Waals surface area contributed by atoms with Crippen LogP contribution in [0.2, 0.25) is 0 Å². The number of nitrogens with zero attached hydrogens (tertiary/aromatic N) is 3. The molecule has 130 valence electrons. The van der Waals surface area contributed by atoms with Gasteiger partial charge >= 0.3 is 6.18 Å². The molecule has 0 bridgehead atoms. The Morgan fingerprint density at radius 2 is 1.64 bits per heavy atom. The second-order valence-electron chi connectivity index (χ2n) is 5.60. The van der Waals surface area contributed by atoms with E-state index in [0.29, 0.717) is 11.0 Å². The zero-order chi connectivity index (χ0) is 18.0. The van der Waals surface area contributed by atoms with Crippen LogP contribution in [0.3, 0.4) is 0 Å². The van der Waals surface area contributed by atoms with Crippen LogP contribution >= 0.6 is 11.8 Å². The van der Waals surface area contributed by atoms with Gasteiger partial charge in [0.15, 0.2) is 5.16 Å². The number of hydrogen-bond acceptors (Lipinski definition) is 3. The van der Waals surface area contributed by atoms with E-state index in [1.807, 2.05) is 42.7 Å². The summed E-state index contributed by atoms with van der Waals surface area (Å²) in [4.78, 5) is 0. The lowest BCUT2D eigenvalue weighted by atomic mass is 10.1. The van der Waals surface area contributed by atoms with Gasteiger partial charge in [0.1, 0.15) is 5.82 Å². The summed E-state index contributed by atoms with van der Waals surface area (Å²) in [5.41, 5.74) is 1.60. The fourth-order valence-electron chi connectivity index (χ4n) is 2.59. The molecule has 3 nitrogen and oxygen atoms in total. The highest BCUT2D eigenvalue weighted by Gasteiger charge is 2.32. The third-order valence-corrected chi connectivity index (χ3v) is 4.81. The fourth-order valence-corrected chi connectivity index (χ4v) is 3.59. The van der Waals surface area contributed by atoms with Crippen molar-refractivity contribution in [2.24, 2.45) is 0 Å². The third-order valence-electron chi connectivity index (χ3n) is 3.83. The molecule has 0 fully saturated rings. The molecule has 0 aliphatic carbocycles. The number of alkyl halides is 3. The number of hydrogen-bond donors (Lipinski definition) is 0. The van der Waals surface area contributed by atoms with Crippen molar-refractivity contribution in [1.29, 1.82) is 0 Å². The van der Waals surface area contributed by atoms with Crippen LogP contribution in [0.15, 0.2) is 53.7 Å². The zero-order valence-electron chi connectivity index (χ0n) is 13.7. The molecule has 0 atom stereocenters. The predicted octanol–water partition coefficient (Wildman–Crippen LogP) is 5.20. The molecule has 3 rings (SSSR count). The molecule has 1 heterocycles. The largest absolute Gasteiger partial charge is 0.416 e. The van der Waals surface area contributed by atoms with E-state index in [9.17, 15) is 13.2 Å². The first kappa shape index (κ1) is 17.5. The summed E-state index contributed by atoms with van der Waals surface area (Å²) < 4.78 is 41.3. The van der Waals surface area contributed by atoms with E-state index >= 15 is 0 Å². The number of benzene rings is 2. The smallest absolute Gasteiger partial charge is 0.274 e. The molecule has 0 saturated carbocycles. The third kappa shape index (κ3) is 3.71. The van der Waals surface area contributed by atoms with Crippen LogP contribution in [0, 0.1) is 13.8 Å². The molecule has 0 aliphatic heterocycles. The Labute approximate surface area is 147 Å². The van der Waals surface area contributed by atoms with Gasteiger partial charge in [0.2, 0.25) is 0 Å². The Hall–Kier alpha value is -2.28. The van der Waals surface area contributed by atoms with Crippen LogP contribution in [0.25, 0.3) is 5.69 Å². The molecule has 0 amide bonds. The van der Waals surface area contributed by atoms with Crippen molar-refractivity contribution in [3.63, 3.8) is 0 Å². The summed E-state index contributed by atoms with van der Waals surface area (Å²) in [5, 5.41) is 8.80. The highest BCUT2D eigenvalue weighted by molar-refractivity contribution is 7.98. The van der Waals surface area contributed by atoms with Gasteiger partial charge < -0.3 is 0 Å². The Bertz CT molecular complexity index is 887. The van der Waals surface area contributed by atoms with Gasteiger partial charge in [-0.3, -0.25) is 4.57 Å². The lowest BCUT2D eigenvalue weighted by Crippen LogP contribution is -2.08. The second-order valence-corrected chi connectivity index (χ2v) is 6.54. The average molecular weight is 363 g/mol. The van der Waals surface area contributed by atoms with Crippen molar-refractivity contribution >= 4 is 11.8 Å². The topological polar surface area (TPSA) is 30.7 Å². The summed E-state index contributed by atoms with van der Waals surface area (Å²) in [6.45, 7) is 3.80. The highest BCUT2D eigenvalue weighted by Crippen LogP contribution is 2.35. The first-order valence-electron chi connectivity index (χ1n) is 7.64. The summed E-state index contributed by atoms with van der Waals surface area (Å²) in [6.07, 6.45) is -4.36. The summed E-state index contributed by atoms with van der Waals surface area (Å²) in [7, 11) is 0. The van der Waals surface area contributed by atoms with E-state index in [-0.39, 0.29) is 11.3 Å². The number of halogens is 3. The number of aryl methyl sites for hydroxylation is 2. The standard InChI is InChI=1S/C18H16F3N3S/c1-12-7-3-6-10-16(12)24-13(2)22-23-17(24)25-11-14-8-4-5-9-15(14)18(19,20)21/h3-10H,11H2,1-2H3. The van der Waals surface area contributed by atoms with E-state index in [0.717, 1.165) is 17.3 Å². The van der Waals surface area contributed by atoms with Crippen molar-refractivity contribution in [3.8, 4) is 5.69 Å². The van der Waals surface area contributed by atoms with Crippen molar-refractivity contribution in [3.05, 3.63) is 71.0 Å². The number of rotatable bonds is 4. The molecule has 0 radical (unpaired) electrons. The predicted molar refractivity (Wildman–Crippen MR) is 91.8 cm³/mol. The second kappa shape index (κ2) is 6.92. The maximum absolute atomic E-state index is 13.1. The summed E-state index contributed by atoms with van der Waals surface area (Å²) in [6, 6.07) is 13.4. The molecule has 0 unspecified atom stereocenters. The quantitative estimate of drug-likeness (QED) is 0.597. The molecule has 7 heteroatoms. The minimum absolute atomic E-state index is 0.166. The van der Waals surface area contributed by atoms with E-state index in [2.05, 4.69) is 10.2 Å². The Morgan fingerprint density at radius 1 is 0.960 bits per heavy atom. The molecule has 0 saturated heterocycles. The number of para-hydroxylation sites is 1. The van der Waals surface area contributed by atoms with E-state index < -0.39 is 11.7 Å². The SMILES string of the molecule is Cc1ccccc1-n1c(C)nnc1SCc1ccccc1C(F)(F)F. The van der Waals surface area contributed by atoms with E-state index in [1.165, 1.54) is 23.9 Å². The Morgan fingerprint density at radius 3 is 2.36 bits per heavy atom. The molecule has 0 aliphatic rings. The lowest BCUT2D eigenvalue weighted by molar-refractivity contribution is -0.138. The summed E-state index contributed by atoms with van der Waals surface area (Å²) in [5.74, 6) is 0.862. The van der Waals surface area contributed by atoms with Crippen molar-refractivity contribution in [2.75, 3.05) is 0 Å². The highest BCUT2D eigenvalue weighted by atomic mass is 32.2. The van der Waals surface area contributed by atoms with Gasteiger partial charge in [0.05, 0.1) is 11.3 Å². The van der Waals surface area contributed by atoms with Gasteiger partial charge in [-0.15, -0.1) is 10.2 Å². The first-order valence-corrected chi connectivity index (χ1v) is 8.62. The average Bonchev–Trinajstić information content (AvgIpc) is 2.93. The number of thioether (sulfide) groups is 1. The number of aromatic nitrogens is 3. The molecule has 3 aromatic rings. The van der Waals surface area contributed by atoms with Gasteiger partial charge in [0, 0.05) is 5.75 Å². The maximum Gasteiger partial charge on any atom is 0.416 e. The van der Waals surface area contributed by atoms with Gasteiger partial charge in [-0.25, -0.2) is 0 Å². The van der Waals surface area contributed by atoms with Crippen molar-refractivity contribution in [2.45, 2.75) is 30.9 Å². The van der Waals surface area contributed by atoms with Crippen LogP contribution in [-0.2, 0) is 11.9 Å². The molecular weight excluding hydrogens is 347 g/mol. The monoisotopic (exact) mass is 363 g/mol. The normalized spacial score (nSPS) is 11.7. The van der Waals surface area contributed by atoms with Crippen molar-refractivity contribution < 1.29 is 13.2 Å². The van der Waals surface area contributed by atoms with Crippen LogP contribution in [0.5, 0.6) is 0 Å². The minimum Gasteiger partial charge on any atom is -0.274 e. The van der Waals surface area contributed by atoms with Gasteiger partial charge in [-0.1, -0.05) is 48.2 Å². The Kier molecular flexibility index (Phi) is 4.85.